The van der Waals surface area contributed by atoms with Gasteiger partial charge < -0.3 is 19.1 Å². The summed E-state index contributed by atoms with van der Waals surface area (Å²) in [5.74, 6) is 1.40. The molecule has 7 nitrogen and oxygen atoms in total. The number of nitrogens with zero attached hydrogens (tertiary/aromatic N) is 3. The minimum Gasteiger partial charge on any atom is -0.377 e. The van der Waals surface area contributed by atoms with Crippen LogP contribution in [0.5, 0.6) is 0 Å². The summed E-state index contributed by atoms with van der Waals surface area (Å²) in [6.45, 7) is 3.48. The number of aromatic nitrogens is 3. The molecule has 0 aromatic carbocycles. The number of ether oxygens (including phenoxy) is 1. The Morgan fingerprint density at radius 1 is 1.59 bits per heavy atom. The zero-order valence-electron chi connectivity index (χ0n) is 12.2. The maximum absolute atomic E-state index is 12.5. The van der Waals surface area contributed by atoms with Crippen LogP contribution in [0.2, 0.25) is 5.15 Å². The van der Waals surface area contributed by atoms with Crippen molar-refractivity contribution in [2.75, 3.05) is 19.8 Å². The monoisotopic (exact) mass is 324 g/mol. The normalized spacial score (nSPS) is 18.6. The van der Waals surface area contributed by atoms with E-state index in [0.717, 1.165) is 11.5 Å². The maximum atomic E-state index is 12.5. The first kappa shape index (κ1) is 15.1. The van der Waals surface area contributed by atoms with Gasteiger partial charge in [-0.1, -0.05) is 16.8 Å². The lowest BCUT2D eigenvalue weighted by atomic mass is 10.1. The molecule has 1 aliphatic heterocycles. The van der Waals surface area contributed by atoms with Crippen molar-refractivity contribution >= 4 is 17.5 Å². The number of halogens is 1. The molecule has 22 heavy (non-hydrogen) atoms. The fraction of sp³-hybridized carbons (Fsp3) is 0.500. The highest BCUT2D eigenvalue weighted by atomic mass is 35.5. The van der Waals surface area contributed by atoms with E-state index < -0.39 is 0 Å². The molecule has 1 atom stereocenters. The van der Waals surface area contributed by atoms with Gasteiger partial charge in [0.25, 0.3) is 0 Å². The third-order valence-corrected chi connectivity index (χ3v) is 3.78. The fourth-order valence-electron chi connectivity index (χ4n) is 2.51. The van der Waals surface area contributed by atoms with Gasteiger partial charge in [0.2, 0.25) is 5.91 Å². The predicted molar refractivity (Wildman–Crippen MR) is 78.4 cm³/mol. The smallest absolute Gasteiger partial charge is 0.223 e. The van der Waals surface area contributed by atoms with E-state index in [1.165, 1.54) is 0 Å². The highest BCUT2D eigenvalue weighted by molar-refractivity contribution is 6.29. The van der Waals surface area contributed by atoms with Gasteiger partial charge in [-0.2, -0.15) is 0 Å². The van der Waals surface area contributed by atoms with Gasteiger partial charge in [-0.3, -0.25) is 4.79 Å². The molecule has 1 N–H and O–H groups in total. The highest BCUT2D eigenvalue weighted by Crippen LogP contribution is 2.23. The molecule has 0 aliphatic carbocycles. The molecule has 0 spiro atoms. The number of aryl methyl sites for hydroxylation is 2. The molecule has 1 unspecified atom stereocenters. The van der Waals surface area contributed by atoms with Crippen LogP contribution in [-0.4, -0.2) is 45.7 Å². The molecule has 2 aromatic heterocycles. The highest BCUT2D eigenvalue weighted by Gasteiger charge is 2.30. The Kier molecular flexibility index (Phi) is 4.44. The summed E-state index contributed by atoms with van der Waals surface area (Å²) in [6.07, 6.45) is 2.56. The van der Waals surface area contributed by atoms with Gasteiger partial charge in [0, 0.05) is 37.3 Å². The van der Waals surface area contributed by atoms with Crippen molar-refractivity contribution in [2.24, 2.45) is 0 Å². The van der Waals surface area contributed by atoms with Crippen LogP contribution in [0.3, 0.4) is 0 Å². The Hall–Kier alpha value is -1.86. The molecule has 0 radical (unpaired) electrons. The first-order valence-electron chi connectivity index (χ1n) is 7.13. The summed E-state index contributed by atoms with van der Waals surface area (Å²) in [4.78, 5) is 21.8. The van der Waals surface area contributed by atoms with Crippen LogP contribution in [0.25, 0.3) is 0 Å². The van der Waals surface area contributed by atoms with Crippen molar-refractivity contribution in [3.63, 3.8) is 0 Å². The molecule has 0 bridgehead atoms. The van der Waals surface area contributed by atoms with E-state index in [2.05, 4.69) is 15.1 Å². The molecular weight excluding hydrogens is 308 g/mol. The average Bonchev–Trinajstić information content (AvgIpc) is 3.13. The van der Waals surface area contributed by atoms with Crippen molar-refractivity contribution in [2.45, 2.75) is 25.8 Å². The molecule has 1 aliphatic rings. The van der Waals surface area contributed by atoms with Gasteiger partial charge in [-0.05, 0) is 6.92 Å². The summed E-state index contributed by atoms with van der Waals surface area (Å²) in [7, 11) is 0. The van der Waals surface area contributed by atoms with Crippen LogP contribution in [0.4, 0.5) is 0 Å². The van der Waals surface area contributed by atoms with Crippen molar-refractivity contribution in [3.8, 4) is 0 Å². The van der Waals surface area contributed by atoms with E-state index in [-0.39, 0.29) is 11.9 Å². The molecule has 3 rings (SSSR count). The lowest BCUT2D eigenvalue weighted by molar-refractivity contribution is -0.140. The molecule has 3 heterocycles. The number of aromatic amines is 1. The van der Waals surface area contributed by atoms with Crippen molar-refractivity contribution in [1.82, 2.24) is 20.0 Å². The third-order valence-electron chi connectivity index (χ3n) is 3.60. The van der Waals surface area contributed by atoms with Crippen molar-refractivity contribution < 1.29 is 14.1 Å². The number of imidazole rings is 1. The summed E-state index contributed by atoms with van der Waals surface area (Å²) < 4.78 is 10.5. The molecular formula is C14H17ClN4O3. The summed E-state index contributed by atoms with van der Waals surface area (Å²) in [6, 6.07) is 1.45. The van der Waals surface area contributed by atoms with Gasteiger partial charge in [-0.15, -0.1) is 0 Å². The Morgan fingerprint density at radius 3 is 3.14 bits per heavy atom. The number of H-pyrrole nitrogens is 1. The number of hydrogen-bond donors (Lipinski definition) is 1. The number of carbonyl (C=O) groups is 1. The number of amides is 1. The van der Waals surface area contributed by atoms with Crippen LogP contribution in [0, 0.1) is 6.92 Å². The Bertz CT molecular complexity index is 654. The van der Waals surface area contributed by atoms with Gasteiger partial charge in [0.05, 0.1) is 13.2 Å². The van der Waals surface area contributed by atoms with Crippen LogP contribution in [0.15, 0.2) is 16.8 Å². The zero-order chi connectivity index (χ0) is 15.5. The fourth-order valence-corrected chi connectivity index (χ4v) is 2.67. The molecule has 0 saturated carbocycles. The van der Waals surface area contributed by atoms with Crippen LogP contribution in [0.1, 0.15) is 29.7 Å². The quantitative estimate of drug-likeness (QED) is 0.928. The first-order chi connectivity index (χ1) is 10.6. The van der Waals surface area contributed by atoms with E-state index in [0.29, 0.717) is 43.5 Å². The maximum Gasteiger partial charge on any atom is 0.223 e. The Balaban J connectivity index is 1.66. The van der Waals surface area contributed by atoms with Crippen molar-refractivity contribution in [3.05, 3.63) is 34.7 Å². The van der Waals surface area contributed by atoms with Gasteiger partial charge in [0.15, 0.2) is 5.15 Å². The van der Waals surface area contributed by atoms with Gasteiger partial charge >= 0.3 is 0 Å². The number of hydrogen-bond acceptors (Lipinski definition) is 5. The lowest BCUT2D eigenvalue weighted by Gasteiger charge is -2.34. The summed E-state index contributed by atoms with van der Waals surface area (Å²) in [5.41, 5.74) is 0.962. The molecule has 1 fully saturated rings. The standard InChI is InChI=1S/C14H17ClN4O3/c1-9-7-16-14(17-9)11-8-21-5-4-19(11)13(20)3-2-10-6-12(15)18-22-10/h6-7,11H,2-5,8H2,1H3,(H,16,17). The topological polar surface area (TPSA) is 84.2 Å². The minimum atomic E-state index is -0.173. The summed E-state index contributed by atoms with van der Waals surface area (Å²) in [5, 5.41) is 3.91. The largest absolute Gasteiger partial charge is 0.377 e. The molecule has 118 valence electrons. The van der Waals surface area contributed by atoms with Gasteiger partial charge in [-0.25, -0.2) is 4.98 Å². The SMILES string of the molecule is Cc1cnc(C2COCCN2C(=O)CCc2cc(Cl)no2)[nH]1. The van der Waals surface area contributed by atoms with E-state index >= 15 is 0 Å². The second-order valence-electron chi connectivity index (χ2n) is 5.25. The first-order valence-corrected chi connectivity index (χ1v) is 7.51. The zero-order valence-corrected chi connectivity index (χ0v) is 13.0. The van der Waals surface area contributed by atoms with Crippen LogP contribution in [-0.2, 0) is 16.0 Å². The summed E-state index contributed by atoms with van der Waals surface area (Å²) >= 11 is 5.70. The predicted octanol–water partition coefficient (Wildman–Crippen LogP) is 1.89. The molecule has 1 saturated heterocycles. The Labute approximate surface area is 132 Å². The van der Waals surface area contributed by atoms with Crippen LogP contribution < -0.4 is 0 Å². The van der Waals surface area contributed by atoms with E-state index in [9.17, 15) is 4.79 Å². The minimum absolute atomic E-state index is 0.0369. The van der Waals surface area contributed by atoms with Crippen molar-refractivity contribution in [1.29, 1.82) is 0 Å². The number of carbonyl (C=O) groups excluding carboxylic acids is 1. The number of rotatable bonds is 4. The average molecular weight is 325 g/mol. The Morgan fingerprint density at radius 2 is 2.45 bits per heavy atom. The van der Waals surface area contributed by atoms with E-state index in [4.69, 9.17) is 20.9 Å². The molecule has 8 heteroatoms. The molecule has 2 aromatic rings. The second-order valence-corrected chi connectivity index (χ2v) is 5.63. The second kappa shape index (κ2) is 6.50. The third kappa shape index (κ3) is 3.31. The van der Waals surface area contributed by atoms with E-state index in [1.807, 2.05) is 6.92 Å². The van der Waals surface area contributed by atoms with Crippen LogP contribution >= 0.6 is 11.6 Å². The number of morpholine rings is 1. The number of nitrogens with one attached hydrogen (secondary N) is 1. The van der Waals surface area contributed by atoms with Gasteiger partial charge in [0.1, 0.15) is 17.6 Å². The molecule has 1 amide bonds. The van der Waals surface area contributed by atoms with E-state index in [1.54, 1.807) is 17.2 Å². The lowest BCUT2D eigenvalue weighted by Crippen LogP contribution is -2.43.